The van der Waals surface area contributed by atoms with E-state index in [1.54, 1.807) is 0 Å². The van der Waals surface area contributed by atoms with Crippen molar-refractivity contribution in [3.8, 4) is 5.75 Å². The number of nitrogens with zero attached hydrogens (tertiary/aromatic N) is 1. The number of aromatic nitrogens is 1. The largest absolute Gasteiger partial charge is 0.495 e. The molecular formula is C16H19N3O7S. The van der Waals surface area contributed by atoms with E-state index in [2.05, 4.69) is 15.2 Å². The second-order valence-electron chi connectivity index (χ2n) is 5.71. The topological polar surface area (TPSA) is 148 Å². The van der Waals surface area contributed by atoms with Crippen molar-refractivity contribution in [3.63, 3.8) is 0 Å². The maximum absolute atomic E-state index is 12.5. The molecule has 0 fully saturated rings. The predicted molar refractivity (Wildman–Crippen MR) is 94.3 cm³/mol. The van der Waals surface area contributed by atoms with E-state index < -0.39 is 27.9 Å². The first-order valence-corrected chi connectivity index (χ1v) is 9.22. The number of hydrogen-bond acceptors (Lipinski definition) is 7. The fraction of sp³-hybridized carbons (Fsp3) is 0.312. The van der Waals surface area contributed by atoms with Crippen LogP contribution in [-0.2, 0) is 14.8 Å². The summed E-state index contributed by atoms with van der Waals surface area (Å²) in [6, 6.07) is 2.76. The first kappa shape index (κ1) is 20.4. The lowest BCUT2D eigenvalue weighted by Crippen LogP contribution is -2.41. The average Bonchev–Trinajstić information content (AvgIpc) is 2.93. The van der Waals surface area contributed by atoms with Gasteiger partial charge in [0.05, 0.1) is 24.4 Å². The van der Waals surface area contributed by atoms with E-state index in [4.69, 9.17) is 14.4 Å². The molecule has 0 radical (unpaired) electrons. The number of nitrogens with one attached hydrogen (secondary N) is 2. The number of hydrogen-bond donors (Lipinski definition) is 3. The minimum Gasteiger partial charge on any atom is -0.495 e. The van der Waals surface area contributed by atoms with E-state index in [9.17, 15) is 18.0 Å². The quantitative estimate of drug-likeness (QED) is 0.633. The van der Waals surface area contributed by atoms with Crippen molar-refractivity contribution in [3.05, 3.63) is 35.2 Å². The summed E-state index contributed by atoms with van der Waals surface area (Å²) in [6.45, 7) is 4.29. The zero-order chi connectivity index (χ0) is 20.4. The van der Waals surface area contributed by atoms with E-state index in [1.165, 1.54) is 46.1 Å². The number of carbonyl (C=O) groups is 2. The van der Waals surface area contributed by atoms with Gasteiger partial charge in [0.15, 0.2) is 5.76 Å². The number of anilines is 1. The van der Waals surface area contributed by atoms with Gasteiger partial charge in [-0.05, 0) is 39.0 Å². The number of aryl methyl sites for hydroxylation is 2. The Bertz CT molecular complexity index is 962. The Hall–Kier alpha value is -2.92. The molecule has 0 saturated heterocycles. The summed E-state index contributed by atoms with van der Waals surface area (Å²) in [5.41, 5.74) is 0.367. The predicted octanol–water partition coefficient (Wildman–Crippen LogP) is 1.30. The van der Waals surface area contributed by atoms with Crippen molar-refractivity contribution < 1.29 is 32.4 Å². The summed E-state index contributed by atoms with van der Waals surface area (Å²) in [5, 5.41) is 15.1. The Morgan fingerprint density at radius 1 is 1.30 bits per heavy atom. The van der Waals surface area contributed by atoms with E-state index >= 15 is 0 Å². The smallest absolute Gasteiger partial charge is 0.335 e. The average molecular weight is 397 g/mol. The molecule has 0 saturated carbocycles. The molecule has 2 aromatic rings. The summed E-state index contributed by atoms with van der Waals surface area (Å²) in [7, 11) is -2.70. The summed E-state index contributed by atoms with van der Waals surface area (Å²) < 4.78 is 37.1. The Kier molecular flexibility index (Phi) is 5.86. The number of aromatic carboxylic acids is 1. The van der Waals surface area contributed by atoms with Gasteiger partial charge in [0.2, 0.25) is 15.9 Å². The van der Waals surface area contributed by atoms with Gasteiger partial charge in [-0.25, -0.2) is 13.2 Å². The molecular weight excluding hydrogens is 378 g/mol. The van der Waals surface area contributed by atoms with Crippen molar-refractivity contribution in [2.24, 2.45) is 0 Å². The van der Waals surface area contributed by atoms with Gasteiger partial charge in [0, 0.05) is 0 Å². The Balaban J connectivity index is 2.18. The minimum atomic E-state index is -4.02. The van der Waals surface area contributed by atoms with Crippen LogP contribution in [0.1, 0.15) is 28.7 Å². The lowest BCUT2D eigenvalue weighted by Gasteiger charge is -2.16. The molecule has 10 nitrogen and oxygen atoms in total. The Morgan fingerprint density at radius 2 is 1.96 bits per heavy atom. The number of ether oxygens (including phenoxy) is 1. The van der Waals surface area contributed by atoms with Gasteiger partial charge in [-0.1, -0.05) is 5.16 Å². The standard InChI is InChI=1S/C16H19N3O7S/c1-8-14(10(3)26-18-8)27(23,24)19-9(2)15(20)17-12-6-5-11(16(21)22)7-13(12)25-4/h5-7,9,19H,1-4H3,(H,17,20)(H,21,22). The lowest BCUT2D eigenvalue weighted by molar-refractivity contribution is -0.117. The van der Waals surface area contributed by atoms with Gasteiger partial charge < -0.3 is 19.7 Å². The van der Waals surface area contributed by atoms with Crippen molar-refractivity contribution >= 4 is 27.6 Å². The zero-order valence-electron chi connectivity index (χ0n) is 15.1. The number of rotatable bonds is 7. The molecule has 1 amide bonds. The summed E-state index contributed by atoms with van der Waals surface area (Å²) in [4.78, 5) is 23.3. The van der Waals surface area contributed by atoms with E-state index in [0.717, 1.165) is 0 Å². The molecule has 1 heterocycles. The molecule has 0 spiro atoms. The van der Waals surface area contributed by atoms with E-state index in [0.29, 0.717) is 0 Å². The first-order valence-electron chi connectivity index (χ1n) is 7.74. The fourth-order valence-electron chi connectivity index (χ4n) is 2.37. The Labute approximate surface area is 155 Å². The van der Waals surface area contributed by atoms with Crippen LogP contribution in [0.5, 0.6) is 5.75 Å². The lowest BCUT2D eigenvalue weighted by atomic mass is 10.2. The fourth-order valence-corrected chi connectivity index (χ4v) is 3.90. The molecule has 27 heavy (non-hydrogen) atoms. The number of benzene rings is 1. The molecule has 0 aliphatic rings. The molecule has 3 N–H and O–H groups in total. The highest BCUT2D eigenvalue weighted by molar-refractivity contribution is 7.89. The molecule has 11 heteroatoms. The molecule has 0 aliphatic heterocycles. The normalized spacial score (nSPS) is 12.4. The number of amides is 1. The van der Waals surface area contributed by atoms with E-state index in [1.807, 2.05) is 0 Å². The van der Waals surface area contributed by atoms with Crippen LogP contribution < -0.4 is 14.8 Å². The molecule has 1 aromatic heterocycles. The number of carbonyl (C=O) groups excluding carboxylic acids is 1. The Morgan fingerprint density at radius 3 is 2.48 bits per heavy atom. The molecule has 0 bridgehead atoms. The van der Waals surface area contributed by atoms with Crippen LogP contribution in [0.3, 0.4) is 0 Å². The summed E-state index contributed by atoms with van der Waals surface area (Å²) >= 11 is 0. The highest BCUT2D eigenvalue weighted by Gasteiger charge is 2.28. The van der Waals surface area contributed by atoms with Gasteiger partial charge >= 0.3 is 5.97 Å². The maximum Gasteiger partial charge on any atom is 0.335 e. The van der Waals surface area contributed by atoms with Crippen LogP contribution in [0.25, 0.3) is 0 Å². The van der Waals surface area contributed by atoms with Gasteiger partial charge in [0.1, 0.15) is 16.3 Å². The van der Waals surface area contributed by atoms with Gasteiger partial charge in [-0.2, -0.15) is 4.72 Å². The van der Waals surface area contributed by atoms with Crippen LogP contribution >= 0.6 is 0 Å². The molecule has 0 aliphatic carbocycles. The third-order valence-corrected chi connectivity index (χ3v) is 5.45. The monoisotopic (exact) mass is 397 g/mol. The highest BCUT2D eigenvalue weighted by atomic mass is 32.2. The highest BCUT2D eigenvalue weighted by Crippen LogP contribution is 2.26. The van der Waals surface area contributed by atoms with Gasteiger partial charge in [0.25, 0.3) is 0 Å². The third-order valence-electron chi connectivity index (χ3n) is 3.67. The number of carboxylic acid groups (broad SMARTS) is 1. The van der Waals surface area contributed by atoms with E-state index in [-0.39, 0.29) is 33.4 Å². The van der Waals surface area contributed by atoms with Crippen LogP contribution in [0, 0.1) is 13.8 Å². The second-order valence-corrected chi connectivity index (χ2v) is 7.36. The molecule has 1 unspecified atom stereocenters. The maximum atomic E-state index is 12.5. The molecule has 1 atom stereocenters. The number of carboxylic acids is 1. The number of sulfonamides is 1. The van der Waals surface area contributed by atoms with Crippen molar-refractivity contribution in [2.45, 2.75) is 31.7 Å². The SMILES string of the molecule is COc1cc(C(=O)O)ccc1NC(=O)C(C)NS(=O)(=O)c1c(C)noc1C. The van der Waals surface area contributed by atoms with Gasteiger partial charge in [-0.15, -0.1) is 0 Å². The van der Waals surface area contributed by atoms with Crippen molar-refractivity contribution in [1.82, 2.24) is 9.88 Å². The zero-order valence-corrected chi connectivity index (χ0v) is 15.9. The van der Waals surface area contributed by atoms with Crippen LogP contribution in [-0.4, -0.2) is 43.7 Å². The minimum absolute atomic E-state index is 0.0167. The van der Waals surface area contributed by atoms with Crippen molar-refractivity contribution in [1.29, 1.82) is 0 Å². The number of methoxy groups -OCH3 is 1. The van der Waals surface area contributed by atoms with Crippen LogP contribution in [0.15, 0.2) is 27.6 Å². The second kappa shape index (κ2) is 7.76. The van der Waals surface area contributed by atoms with Crippen LogP contribution in [0.4, 0.5) is 5.69 Å². The third kappa shape index (κ3) is 4.44. The van der Waals surface area contributed by atoms with Crippen LogP contribution in [0.2, 0.25) is 0 Å². The molecule has 1 aromatic carbocycles. The first-order chi connectivity index (χ1) is 12.6. The molecule has 146 valence electrons. The summed E-state index contributed by atoms with van der Waals surface area (Å²) in [5.74, 6) is -1.57. The van der Waals surface area contributed by atoms with Gasteiger partial charge in [-0.3, -0.25) is 4.79 Å². The summed E-state index contributed by atoms with van der Waals surface area (Å²) in [6.07, 6.45) is 0. The molecule has 2 rings (SSSR count). The van der Waals surface area contributed by atoms with Crippen molar-refractivity contribution in [2.75, 3.05) is 12.4 Å².